The molecule has 1 aromatic rings. The predicted molar refractivity (Wildman–Crippen MR) is 120 cm³/mol. The van der Waals surface area contributed by atoms with Gasteiger partial charge in [0, 0.05) is 31.3 Å². The molecule has 1 aromatic carbocycles. The molecule has 2 rings (SSSR count). The lowest BCUT2D eigenvalue weighted by atomic mass is 10.1. The summed E-state index contributed by atoms with van der Waals surface area (Å²) in [6.07, 6.45) is 2.75. The molecule has 2 unspecified atom stereocenters. The van der Waals surface area contributed by atoms with Crippen LogP contribution < -0.4 is 10.6 Å². The van der Waals surface area contributed by atoms with E-state index in [1.807, 2.05) is 19.1 Å². The third-order valence-corrected chi connectivity index (χ3v) is 4.36. The van der Waals surface area contributed by atoms with E-state index in [1.54, 1.807) is 12.1 Å². The van der Waals surface area contributed by atoms with Crippen LogP contribution in [0.4, 0.5) is 0 Å². The Morgan fingerprint density at radius 1 is 1.37 bits per heavy atom. The minimum absolute atomic E-state index is 0. The summed E-state index contributed by atoms with van der Waals surface area (Å²) in [5, 5.41) is 17.3. The first-order valence-corrected chi connectivity index (χ1v) is 9.72. The average molecular weight is 512 g/mol. The van der Waals surface area contributed by atoms with Gasteiger partial charge in [-0.1, -0.05) is 23.7 Å². The fraction of sp³-hybridized carbons (Fsp3) is 0.632. The lowest BCUT2D eigenvalue weighted by Crippen LogP contribution is -2.38. The third kappa shape index (κ3) is 9.94. The van der Waals surface area contributed by atoms with E-state index in [2.05, 4.69) is 15.6 Å². The number of aliphatic hydroxyl groups is 1. The highest BCUT2D eigenvalue weighted by molar-refractivity contribution is 14.0. The molecule has 27 heavy (non-hydrogen) atoms. The second-order valence-corrected chi connectivity index (χ2v) is 6.71. The molecular weight excluding hydrogens is 481 g/mol. The summed E-state index contributed by atoms with van der Waals surface area (Å²) in [5.41, 5.74) is 0.802. The van der Waals surface area contributed by atoms with Crippen LogP contribution in [0, 0.1) is 0 Å². The highest BCUT2D eigenvalue weighted by atomic mass is 127. The summed E-state index contributed by atoms with van der Waals surface area (Å²) < 4.78 is 11.2. The molecule has 6 nitrogen and oxygen atoms in total. The first-order valence-electron chi connectivity index (χ1n) is 9.34. The van der Waals surface area contributed by atoms with Crippen LogP contribution in [-0.2, 0) is 9.47 Å². The van der Waals surface area contributed by atoms with Crippen molar-refractivity contribution in [2.24, 2.45) is 4.99 Å². The molecule has 0 saturated carbocycles. The van der Waals surface area contributed by atoms with Crippen molar-refractivity contribution >= 4 is 41.5 Å². The Labute approximate surface area is 184 Å². The summed E-state index contributed by atoms with van der Waals surface area (Å²) in [6.45, 7) is 6.05. The zero-order valence-electron chi connectivity index (χ0n) is 15.8. The summed E-state index contributed by atoms with van der Waals surface area (Å²) in [4.78, 5) is 4.44. The largest absolute Gasteiger partial charge is 0.386 e. The maximum atomic E-state index is 10.2. The molecule has 1 fully saturated rings. The Balaban J connectivity index is 0.00000364. The second kappa shape index (κ2) is 14.4. The molecular formula is C19H31ClIN3O3. The number of guanidine groups is 1. The molecule has 1 saturated heterocycles. The van der Waals surface area contributed by atoms with Crippen molar-refractivity contribution in [3.05, 3.63) is 34.9 Å². The number of nitrogens with one attached hydrogen (secondary N) is 2. The molecule has 0 aromatic heterocycles. The zero-order valence-corrected chi connectivity index (χ0v) is 18.9. The molecule has 154 valence electrons. The van der Waals surface area contributed by atoms with Crippen LogP contribution in [0.3, 0.4) is 0 Å². The first kappa shape index (κ1) is 24.4. The van der Waals surface area contributed by atoms with Gasteiger partial charge in [0.1, 0.15) is 0 Å². The molecule has 2 atom stereocenters. The zero-order chi connectivity index (χ0) is 18.6. The lowest BCUT2D eigenvalue weighted by Gasteiger charge is -2.14. The van der Waals surface area contributed by atoms with Crippen molar-refractivity contribution in [1.29, 1.82) is 0 Å². The lowest BCUT2D eigenvalue weighted by molar-refractivity contribution is 0.0168. The van der Waals surface area contributed by atoms with Crippen LogP contribution in [0.25, 0.3) is 0 Å². The molecule has 0 aliphatic carbocycles. The topological polar surface area (TPSA) is 75.1 Å². The van der Waals surface area contributed by atoms with Crippen LogP contribution in [0.2, 0.25) is 5.02 Å². The van der Waals surface area contributed by atoms with E-state index >= 15 is 0 Å². The molecule has 1 heterocycles. The summed E-state index contributed by atoms with van der Waals surface area (Å²) in [6, 6.07) is 7.16. The maximum absolute atomic E-state index is 10.2. The van der Waals surface area contributed by atoms with Gasteiger partial charge in [-0.15, -0.1) is 24.0 Å². The Morgan fingerprint density at radius 2 is 2.15 bits per heavy atom. The molecule has 1 aliphatic heterocycles. The van der Waals surface area contributed by atoms with Gasteiger partial charge in [-0.3, -0.25) is 4.99 Å². The molecule has 0 bridgehead atoms. The van der Waals surface area contributed by atoms with Gasteiger partial charge in [0.05, 0.1) is 25.4 Å². The van der Waals surface area contributed by atoms with Crippen molar-refractivity contribution in [2.75, 3.05) is 39.5 Å². The number of ether oxygens (including phenoxy) is 2. The molecule has 0 radical (unpaired) electrons. The van der Waals surface area contributed by atoms with Crippen molar-refractivity contribution in [3.63, 3.8) is 0 Å². The van der Waals surface area contributed by atoms with Gasteiger partial charge in [0.25, 0.3) is 0 Å². The summed E-state index contributed by atoms with van der Waals surface area (Å²) in [5.74, 6) is 0.694. The van der Waals surface area contributed by atoms with Crippen LogP contribution in [-0.4, -0.2) is 56.6 Å². The molecule has 0 spiro atoms. The highest BCUT2D eigenvalue weighted by Crippen LogP contribution is 2.16. The highest BCUT2D eigenvalue weighted by Gasteiger charge is 2.14. The number of aliphatic imine (C=N–C) groups is 1. The predicted octanol–water partition coefficient (Wildman–Crippen LogP) is 3.13. The average Bonchev–Trinajstić information content (AvgIpc) is 3.16. The van der Waals surface area contributed by atoms with Crippen molar-refractivity contribution in [1.82, 2.24) is 10.6 Å². The van der Waals surface area contributed by atoms with E-state index < -0.39 is 6.10 Å². The molecule has 8 heteroatoms. The molecule has 1 aliphatic rings. The SMILES string of the molecule is CCNC(=NCC(O)c1ccc(Cl)cc1)NCCCOCC1CCCO1.I. The van der Waals surface area contributed by atoms with E-state index in [9.17, 15) is 5.11 Å². The number of rotatable bonds is 10. The van der Waals surface area contributed by atoms with Crippen molar-refractivity contribution < 1.29 is 14.6 Å². The Bertz CT molecular complexity index is 540. The number of nitrogens with zero attached hydrogens (tertiary/aromatic N) is 1. The Kier molecular flexibility index (Phi) is 13.0. The van der Waals surface area contributed by atoms with Gasteiger partial charge in [-0.25, -0.2) is 0 Å². The van der Waals surface area contributed by atoms with Crippen molar-refractivity contribution in [2.45, 2.75) is 38.4 Å². The number of benzene rings is 1. The molecule has 0 amide bonds. The van der Waals surface area contributed by atoms with Gasteiger partial charge in [0.15, 0.2) is 5.96 Å². The Morgan fingerprint density at radius 3 is 2.81 bits per heavy atom. The summed E-state index contributed by atoms with van der Waals surface area (Å²) in [7, 11) is 0. The van der Waals surface area contributed by atoms with E-state index in [1.165, 1.54) is 0 Å². The minimum Gasteiger partial charge on any atom is -0.386 e. The van der Waals surface area contributed by atoms with Crippen LogP contribution >= 0.6 is 35.6 Å². The van der Waals surface area contributed by atoms with Gasteiger partial charge >= 0.3 is 0 Å². The third-order valence-electron chi connectivity index (χ3n) is 4.11. The number of hydrogen-bond donors (Lipinski definition) is 3. The fourth-order valence-corrected chi connectivity index (χ4v) is 2.81. The second-order valence-electron chi connectivity index (χ2n) is 6.28. The molecule has 3 N–H and O–H groups in total. The van der Waals surface area contributed by atoms with Crippen molar-refractivity contribution in [3.8, 4) is 0 Å². The Hall–Kier alpha value is -0.610. The normalized spacial score (nSPS) is 18.0. The smallest absolute Gasteiger partial charge is 0.191 e. The summed E-state index contributed by atoms with van der Waals surface area (Å²) >= 11 is 5.87. The van der Waals surface area contributed by atoms with E-state index in [0.717, 1.165) is 44.5 Å². The van der Waals surface area contributed by atoms with Gasteiger partial charge < -0.3 is 25.2 Å². The first-order chi connectivity index (χ1) is 12.7. The quantitative estimate of drug-likeness (QED) is 0.195. The van der Waals surface area contributed by atoms with Crippen LogP contribution in [0.15, 0.2) is 29.3 Å². The fourth-order valence-electron chi connectivity index (χ4n) is 2.68. The number of aliphatic hydroxyl groups excluding tert-OH is 1. The van der Waals surface area contributed by atoms with Gasteiger partial charge in [0.2, 0.25) is 0 Å². The van der Waals surface area contributed by atoms with Crippen LogP contribution in [0.5, 0.6) is 0 Å². The van der Waals surface area contributed by atoms with E-state index in [0.29, 0.717) is 24.2 Å². The van der Waals surface area contributed by atoms with Gasteiger partial charge in [-0.2, -0.15) is 0 Å². The van der Waals surface area contributed by atoms with Gasteiger partial charge in [-0.05, 0) is 43.9 Å². The maximum Gasteiger partial charge on any atom is 0.191 e. The standard InChI is InChI=1S/C19H30ClN3O3.HI/c1-2-21-19(22-10-4-11-25-14-17-5-3-12-26-17)23-13-18(24)15-6-8-16(20)9-7-15;/h6-9,17-18,24H,2-5,10-14H2,1H3,(H2,21,22,23);1H. The monoisotopic (exact) mass is 511 g/mol. The minimum atomic E-state index is -0.655. The van der Waals surface area contributed by atoms with E-state index in [-0.39, 0.29) is 36.6 Å². The van der Waals surface area contributed by atoms with E-state index in [4.69, 9.17) is 21.1 Å². The number of hydrogen-bond acceptors (Lipinski definition) is 4. The number of halogens is 2. The van der Waals surface area contributed by atoms with Crippen LogP contribution in [0.1, 0.15) is 37.9 Å².